The highest BCUT2D eigenvalue weighted by molar-refractivity contribution is 7.87. The highest BCUT2D eigenvalue weighted by atomic mass is 32.2. The van der Waals surface area contributed by atoms with Crippen molar-refractivity contribution >= 4 is 16.2 Å². The molecule has 1 rings (SSSR count). The van der Waals surface area contributed by atoms with Crippen molar-refractivity contribution in [3.63, 3.8) is 0 Å². The molecule has 19 heavy (non-hydrogen) atoms. The predicted molar refractivity (Wildman–Crippen MR) is 71.8 cm³/mol. The first-order valence-electron chi connectivity index (χ1n) is 6.31. The van der Waals surface area contributed by atoms with Gasteiger partial charge in [-0.3, -0.25) is 4.79 Å². The summed E-state index contributed by atoms with van der Waals surface area (Å²) in [7, 11) is 1.25. The minimum atomic E-state index is -3.51. The van der Waals surface area contributed by atoms with Crippen molar-refractivity contribution in [3.05, 3.63) is 0 Å². The Labute approximate surface area is 115 Å². The summed E-state index contributed by atoms with van der Waals surface area (Å²) in [4.78, 5) is 13.2. The van der Waals surface area contributed by atoms with E-state index >= 15 is 0 Å². The Balaban J connectivity index is 2.35. The molecule has 1 aliphatic rings. The number of likely N-dealkylation sites (tertiary alicyclic amines) is 1. The van der Waals surface area contributed by atoms with Crippen LogP contribution < -0.4 is 4.72 Å². The van der Waals surface area contributed by atoms with Crippen molar-refractivity contribution in [2.45, 2.75) is 12.8 Å². The lowest BCUT2D eigenvalue weighted by atomic mass is 10.1. The van der Waals surface area contributed by atoms with Gasteiger partial charge in [0, 0.05) is 26.7 Å². The van der Waals surface area contributed by atoms with Crippen LogP contribution in [0.3, 0.4) is 0 Å². The molecule has 1 unspecified atom stereocenters. The average Bonchev–Trinajstić information content (AvgIpc) is 2.79. The van der Waals surface area contributed by atoms with Gasteiger partial charge in [0.15, 0.2) is 0 Å². The highest BCUT2D eigenvalue weighted by Crippen LogP contribution is 2.13. The van der Waals surface area contributed by atoms with Crippen LogP contribution in [0.15, 0.2) is 0 Å². The predicted octanol–water partition coefficient (Wildman–Crippen LogP) is -0.733. The van der Waals surface area contributed by atoms with Crippen LogP contribution in [-0.2, 0) is 19.7 Å². The van der Waals surface area contributed by atoms with Crippen molar-refractivity contribution < 1.29 is 17.9 Å². The zero-order valence-corrected chi connectivity index (χ0v) is 12.6. The number of carbonyl (C=O) groups excluding carboxylic acids is 1. The maximum atomic E-state index is 11.9. The molecule has 0 aromatic rings. The Hall–Kier alpha value is -0.700. The summed E-state index contributed by atoms with van der Waals surface area (Å²) in [6.45, 7) is 2.47. The summed E-state index contributed by atoms with van der Waals surface area (Å²) in [5.74, 6) is -0.0618. The summed E-state index contributed by atoms with van der Waals surface area (Å²) in [5, 5.41) is 0. The van der Waals surface area contributed by atoms with E-state index in [9.17, 15) is 13.2 Å². The molecule has 0 aliphatic carbocycles. The minimum Gasteiger partial charge on any atom is -0.469 e. The average molecular weight is 293 g/mol. The third-order valence-corrected chi connectivity index (χ3v) is 4.85. The first-order valence-corrected chi connectivity index (χ1v) is 7.75. The van der Waals surface area contributed by atoms with Gasteiger partial charge in [-0.05, 0) is 25.9 Å². The number of carbonyl (C=O) groups is 1. The molecule has 1 N–H and O–H groups in total. The van der Waals surface area contributed by atoms with Crippen LogP contribution in [0.1, 0.15) is 12.8 Å². The number of methoxy groups -OCH3 is 1. The molecule has 0 bridgehead atoms. The topological polar surface area (TPSA) is 78.9 Å². The second-order valence-electron chi connectivity index (χ2n) is 4.92. The fraction of sp³-hybridized carbons (Fsp3) is 0.909. The van der Waals surface area contributed by atoms with Gasteiger partial charge in [0.2, 0.25) is 0 Å². The van der Waals surface area contributed by atoms with E-state index in [4.69, 9.17) is 0 Å². The molecule has 0 aromatic carbocycles. The first kappa shape index (κ1) is 16.4. The van der Waals surface area contributed by atoms with Crippen LogP contribution in [0.2, 0.25) is 0 Å². The fourth-order valence-electron chi connectivity index (χ4n) is 2.00. The van der Waals surface area contributed by atoms with E-state index in [0.29, 0.717) is 12.5 Å². The number of nitrogens with zero attached hydrogens (tertiary/aromatic N) is 2. The van der Waals surface area contributed by atoms with Gasteiger partial charge in [-0.25, -0.2) is 4.72 Å². The Bertz CT molecular complexity index is 399. The van der Waals surface area contributed by atoms with E-state index in [1.807, 2.05) is 7.05 Å². The van der Waals surface area contributed by atoms with Gasteiger partial charge in [0.25, 0.3) is 10.2 Å². The number of rotatable bonds is 7. The molecule has 1 atom stereocenters. The van der Waals surface area contributed by atoms with Crippen LogP contribution in [-0.4, -0.2) is 71.0 Å². The smallest absolute Gasteiger partial charge is 0.306 e. The molecule has 1 saturated heterocycles. The van der Waals surface area contributed by atoms with Crippen molar-refractivity contribution in [3.8, 4) is 0 Å². The number of esters is 1. The molecular weight excluding hydrogens is 270 g/mol. The van der Waals surface area contributed by atoms with Crippen molar-refractivity contribution in [1.82, 2.24) is 13.9 Å². The molecule has 0 saturated carbocycles. The van der Waals surface area contributed by atoms with Crippen molar-refractivity contribution in [2.24, 2.45) is 5.92 Å². The summed E-state index contributed by atoms with van der Waals surface area (Å²) in [6, 6.07) is 0. The summed E-state index contributed by atoms with van der Waals surface area (Å²) in [5.41, 5.74) is 0. The minimum absolute atomic E-state index is 0.0556. The lowest BCUT2D eigenvalue weighted by Gasteiger charge is -2.18. The molecule has 1 heterocycles. The summed E-state index contributed by atoms with van der Waals surface area (Å²) in [6.07, 6.45) is 1.06. The van der Waals surface area contributed by atoms with E-state index in [0.717, 1.165) is 23.8 Å². The monoisotopic (exact) mass is 293 g/mol. The molecule has 8 heteroatoms. The Morgan fingerprint density at radius 2 is 2.21 bits per heavy atom. The Morgan fingerprint density at radius 3 is 2.74 bits per heavy atom. The van der Waals surface area contributed by atoms with Crippen molar-refractivity contribution in [2.75, 3.05) is 47.4 Å². The number of nitrogens with one attached hydrogen (secondary N) is 1. The third-order valence-electron chi connectivity index (χ3n) is 3.31. The van der Waals surface area contributed by atoms with Gasteiger partial charge in [-0.2, -0.15) is 12.7 Å². The lowest BCUT2D eigenvalue weighted by Crippen LogP contribution is -2.41. The van der Waals surface area contributed by atoms with Crippen LogP contribution in [0.5, 0.6) is 0 Å². The Morgan fingerprint density at radius 1 is 1.53 bits per heavy atom. The van der Waals surface area contributed by atoms with Gasteiger partial charge in [-0.1, -0.05) is 0 Å². The van der Waals surface area contributed by atoms with Crippen LogP contribution in [0, 0.1) is 5.92 Å². The molecule has 0 amide bonds. The van der Waals surface area contributed by atoms with Crippen LogP contribution in [0.25, 0.3) is 0 Å². The van der Waals surface area contributed by atoms with Crippen LogP contribution >= 0.6 is 0 Å². The molecule has 0 radical (unpaired) electrons. The highest BCUT2D eigenvalue weighted by Gasteiger charge is 2.23. The zero-order valence-electron chi connectivity index (χ0n) is 11.8. The van der Waals surface area contributed by atoms with Gasteiger partial charge < -0.3 is 9.64 Å². The van der Waals surface area contributed by atoms with Gasteiger partial charge in [0.1, 0.15) is 0 Å². The van der Waals surface area contributed by atoms with Crippen LogP contribution in [0.4, 0.5) is 0 Å². The van der Waals surface area contributed by atoms with E-state index in [2.05, 4.69) is 14.4 Å². The number of ether oxygens (including phenoxy) is 1. The van der Waals surface area contributed by atoms with Gasteiger partial charge in [0.05, 0.1) is 13.5 Å². The third kappa shape index (κ3) is 5.43. The molecule has 1 aliphatic heterocycles. The Kier molecular flexibility index (Phi) is 6.18. The van der Waals surface area contributed by atoms with Gasteiger partial charge >= 0.3 is 5.97 Å². The van der Waals surface area contributed by atoms with E-state index < -0.39 is 16.2 Å². The van der Waals surface area contributed by atoms with Gasteiger partial charge in [-0.15, -0.1) is 0 Å². The lowest BCUT2D eigenvalue weighted by molar-refractivity contribution is -0.140. The molecular formula is C11H23N3O4S. The zero-order chi connectivity index (χ0) is 14.5. The molecule has 1 fully saturated rings. The second-order valence-corrected chi connectivity index (χ2v) is 6.78. The summed E-state index contributed by atoms with van der Waals surface area (Å²) >= 11 is 0. The van der Waals surface area contributed by atoms with Crippen molar-refractivity contribution in [1.29, 1.82) is 0 Å². The van der Waals surface area contributed by atoms with E-state index in [1.54, 1.807) is 0 Å². The maximum Gasteiger partial charge on any atom is 0.306 e. The second kappa shape index (κ2) is 7.18. The maximum absolute atomic E-state index is 11.9. The number of hydrogen-bond acceptors (Lipinski definition) is 5. The number of hydrogen-bond donors (Lipinski definition) is 1. The summed E-state index contributed by atoms with van der Waals surface area (Å²) < 4.78 is 32.0. The SMILES string of the molecule is COC(=O)CCN(C)S(=O)(=O)NCC1CCN(C)C1. The quantitative estimate of drug-likeness (QED) is 0.626. The normalized spacial score (nSPS) is 20.9. The first-order chi connectivity index (χ1) is 8.85. The van der Waals surface area contributed by atoms with E-state index in [1.165, 1.54) is 14.2 Å². The molecule has 7 nitrogen and oxygen atoms in total. The molecule has 0 spiro atoms. The largest absolute Gasteiger partial charge is 0.469 e. The molecule has 112 valence electrons. The fourth-order valence-corrected chi connectivity index (χ4v) is 3.00. The molecule has 0 aromatic heterocycles. The van der Waals surface area contributed by atoms with E-state index in [-0.39, 0.29) is 13.0 Å². The standard InChI is InChI=1S/C11H23N3O4S/c1-13-6-4-10(9-13)8-12-19(16,17)14(2)7-5-11(15)18-3/h10,12H,4-9H2,1-3H3.